The Kier molecular flexibility index (Phi) is 8.95. The first kappa shape index (κ1) is 26.3. The first-order valence-electron chi connectivity index (χ1n) is 10.4. The van der Waals surface area contributed by atoms with Crippen molar-refractivity contribution in [2.45, 2.75) is 45.6 Å². The molecular weight excluding hydrogens is 438 g/mol. The van der Waals surface area contributed by atoms with E-state index in [1.165, 1.54) is 6.07 Å². The number of carbonyl (C=O) groups excluding carboxylic acids is 1. The topological polar surface area (TPSA) is 106 Å². The van der Waals surface area contributed by atoms with E-state index in [9.17, 15) is 22.4 Å². The number of carbonyl (C=O) groups is 1. The van der Waals surface area contributed by atoms with Crippen molar-refractivity contribution in [2.75, 3.05) is 6.54 Å². The monoisotopic (exact) mass is 467 g/mol. The largest absolute Gasteiger partial charge is 0.416 e. The highest BCUT2D eigenvalue weighted by molar-refractivity contribution is 6.02. The van der Waals surface area contributed by atoms with E-state index >= 15 is 0 Å². The van der Waals surface area contributed by atoms with Crippen LogP contribution in [0.25, 0.3) is 0 Å². The Bertz CT molecular complexity index is 974. The van der Waals surface area contributed by atoms with Crippen molar-refractivity contribution in [2.24, 2.45) is 22.4 Å². The lowest BCUT2D eigenvalue weighted by molar-refractivity contribution is -0.137. The van der Waals surface area contributed by atoms with Gasteiger partial charge in [-0.05, 0) is 60.7 Å². The van der Waals surface area contributed by atoms with Crippen LogP contribution >= 0.6 is 0 Å². The van der Waals surface area contributed by atoms with Crippen LogP contribution in [0.5, 0.6) is 0 Å². The molecule has 2 atom stereocenters. The predicted molar refractivity (Wildman–Crippen MR) is 120 cm³/mol. The fourth-order valence-electron chi connectivity index (χ4n) is 2.88. The van der Waals surface area contributed by atoms with Crippen LogP contribution in [0.3, 0.4) is 0 Å². The average molecular weight is 468 g/mol. The minimum absolute atomic E-state index is 0.00551. The molecule has 0 aliphatic rings. The van der Waals surface area contributed by atoms with Crippen LogP contribution in [0, 0.1) is 18.7 Å². The van der Waals surface area contributed by atoms with Gasteiger partial charge in [0.1, 0.15) is 5.82 Å². The van der Waals surface area contributed by atoms with Crippen LogP contribution in [0.2, 0.25) is 0 Å². The molecule has 0 aromatic heterocycles. The lowest BCUT2D eigenvalue weighted by Crippen LogP contribution is -2.49. The normalized spacial score (nSPS) is 14.2. The number of rotatable bonds is 7. The highest BCUT2D eigenvalue weighted by Crippen LogP contribution is 2.29. The molecule has 10 heteroatoms. The van der Waals surface area contributed by atoms with Crippen molar-refractivity contribution < 1.29 is 22.4 Å². The lowest BCUT2D eigenvalue weighted by atomic mass is 10.0. The molecule has 180 valence electrons. The Morgan fingerprint density at radius 2 is 1.73 bits per heavy atom. The third-order valence-electron chi connectivity index (χ3n) is 4.80. The van der Waals surface area contributed by atoms with Gasteiger partial charge in [-0.25, -0.2) is 4.39 Å². The molecule has 6 N–H and O–H groups in total. The summed E-state index contributed by atoms with van der Waals surface area (Å²) in [5.74, 6) is -0.817. The minimum Gasteiger partial charge on any atom is -0.356 e. The SMILES string of the molecule is Cc1ccc(C(N)CC(N)N/C(=N\C(=O)c2ccc(C(F)(F)F)cc2)NCC(C)C)cc1F. The molecule has 0 aliphatic carbocycles. The summed E-state index contributed by atoms with van der Waals surface area (Å²) in [6, 6.07) is 7.91. The summed E-state index contributed by atoms with van der Waals surface area (Å²) in [5, 5.41) is 5.85. The summed E-state index contributed by atoms with van der Waals surface area (Å²) in [7, 11) is 0. The molecule has 0 radical (unpaired) electrons. The summed E-state index contributed by atoms with van der Waals surface area (Å²) in [6.45, 7) is 6.01. The maximum Gasteiger partial charge on any atom is 0.416 e. The predicted octanol–water partition coefficient (Wildman–Crippen LogP) is 3.86. The zero-order valence-corrected chi connectivity index (χ0v) is 18.7. The van der Waals surface area contributed by atoms with Crippen molar-refractivity contribution in [1.29, 1.82) is 0 Å². The first-order valence-corrected chi connectivity index (χ1v) is 10.4. The second-order valence-electron chi connectivity index (χ2n) is 8.22. The number of hydrogen-bond donors (Lipinski definition) is 4. The number of amides is 1. The minimum atomic E-state index is -4.50. The molecule has 2 unspecified atom stereocenters. The Hall–Kier alpha value is -2.98. The number of hydrogen-bond acceptors (Lipinski definition) is 3. The molecule has 0 fully saturated rings. The van der Waals surface area contributed by atoms with Crippen molar-refractivity contribution in [3.05, 3.63) is 70.5 Å². The van der Waals surface area contributed by atoms with E-state index < -0.39 is 29.9 Å². The Morgan fingerprint density at radius 1 is 1.09 bits per heavy atom. The van der Waals surface area contributed by atoms with Crippen LogP contribution in [-0.2, 0) is 6.18 Å². The number of nitrogens with two attached hydrogens (primary N) is 2. The van der Waals surface area contributed by atoms with E-state index in [0.717, 1.165) is 24.3 Å². The van der Waals surface area contributed by atoms with Crippen molar-refractivity contribution in [3.8, 4) is 0 Å². The van der Waals surface area contributed by atoms with Crippen LogP contribution in [0.4, 0.5) is 17.6 Å². The van der Waals surface area contributed by atoms with Crippen molar-refractivity contribution >= 4 is 11.9 Å². The van der Waals surface area contributed by atoms with E-state index in [0.29, 0.717) is 17.7 Å². The number of alkyl halides is 3. The summed E-state index contributed by atoms with van der Waals surface area (Å²) < 4.78 is 52.1. The quantitative estimate of drug-likeness (QED) is 0.214. The molecule has 0 saturated heterocycles. The van der Waals surface area contributed by atoms with Gasteiger partial charge >= 0.3 is 6.18 Å². The Morgan fingerprint density at radius 3 is 2.27 bits per heavy atom. The number of aryl methyl sites for hydroxylation is 1. The standard InChI is InChI=1S/C23H29F4N5O/c1-13(2)12-30-22(32-21(33)15-6-8-17(9-7-15)23(25,26)27)31-20(29)11-19(28)16-5-4-14(3)18(24)10-16/h4-10,13,19-20H,11-12,28-29H2,1-3H3,(H2,30,31,32,33). The number of benzene rings is 2. The van der Waals surface area contributed by atoms with E-state index in [4.69, 9.17) is 11.5 Å². The summed E-state index contributed by atoms with van der Waals surface area (Å²) in [5.41, 5.74) is 12.5. The highest BCUT2D eigenvalue weighted by Gasteiger charge is 2.30. The first-order chi connectivity index (χ1) is 15.4. The average Bonchev–Trinajstić information content (AvgIpc) is 2.73. The number of nitrogens with one attached hydrogen (secondary N) is 2. The molecule has 0 bridgehead atoms. The molecule has 0 aliphatic heterocycles. The van der Waals surface area contributed by atoms with Crippen LogP contribution in [0.1, 0.15) is 53.4 Å². The Labute approximate surface area is 190 Å². The molecule has 0 spiro atoms. The molecule has 2 aromatic rings. The maximum absolute atomic E-state index is 13.8. The van der Waals surface area contributed by atoms with Crippen molar-refractivity contribution in [3.63, 3.8) is 0 Å². The third kappa shape index (κ3) is 8.14. The van der Waals surface area contributed by atoms with Gasteiger partial charge in [-0.2, -0.15) is 18.2 Å². The van der Waals surface area contributed by atoms with Crippen LogP contribution < -0.4 is 22.1 Å². The summed E-state index contributed by atoms with van der Waals surface area (Å²) >= 11 is 0. The molecule has 2 rings (SSSR count). The van der Waals surface area contributed by atoms with E-state index in [-0.39, 0.29) is 29.7 Å². The molecular formula is C23H29F4N5O. The van der Waals surface area contributed by atoms with Crippen molar-refractivity contribution in [1.82, 2.24) is 10.6 Å². The van der Waals surface area contributed by atoms with Gasteiger partial charge < -0.3 is 22.1 Å². The van der Waals surface area contributed by atoms with Gasteiger partial charge in [0.15, 0.2) is 0 Å². The second kappa shape index (κ2) is 11.2. The number of halogens is 4. The van der Waals surface area contributed by atoms with E-state index in [2.05, 4.69) is 15.6 Å². The van der Waals surface area contributed by atoms with Gasteiger partial charge in [-0.1, -0.05) is 26.0 Å². The van der Waals surface area contributed by atoms with E-state index in [1.54, 1.807) is 19.1 Å². The zero-order valence-electron chi connectivity index (χ0n) is 18.7. The smallest absolute Gasteiger partial charge is 0.356 e. The van der Waals surface area contributed by atoms with Gasteiger partial charge in [-0.3, -0.25) is 4.79 Å². The fourth-order valence-corrected chi connectivity index (χ4v) is 2.88. The molecule has 2 aromatic carbocycles. The number of guanidine groups is 1. The lowest BCUT2D eigenvalue weighted by Gasteiger charge is -2.22. The van der Waals surface area contributed by atoms with E-state index in [1.807, 2.05) is 13.8 Å². The van der Waals surface area contributed by atoms with Gasteiger partial charge in [0.2, 0.25) is 5.96 Å². The number of aliphatic imine (C=N–C) groups is 1. The maximum atomic E-state index is 13.8. The van der Waals surface area contributed by atoms with Gasteiger partial charge in [-0.15, -0.1) is 0 Å². The van der Waals surface area contributed by atoms with Gasteiger partial charge in [0, 0.05) is 18.2 Å². The van der Waals surface area contributed by atoms with Crippen LogP contribution in [-0.4, -0.2) is 24.6 Å². The van der Waals surface area contributed by atoms with Crippen LogP contribution in [0.15, 0.2) is 47.5 Å². The molecule has 0 saturated carbocycles. The second-order valence-corrected chi connectivity index (χ2v) is 8.22. The van der Waals surface area contributed by atoms with Gasteiger partial charge in [0.25, 0.3) is 5.91 Å². The summed E-state index contributed by atoms with van der Waals surface area (Å²) in [6.07, 6.45) is -5.02. The molecule has 6 nitrogen and oxygen atoms in total. The molecule has 0 heterocycles. The summed E-state index contributed by atoms with van der Waals surface area (Å²) in [4.78, 5) is 16.4. The number of nitrogens with zero attached hydrogens (tertiary/aromatic N) is 1. The molecule has 33 heavy (non-hydrogen) atoms. The van der Waals surface area contributed by atoms with Gasteiger partial charge in [0.05, 0.1) is 11.7 Å². The fraction of sp³-hybridized carbons (Fsp3) is 0.391. The highest BCUT2D eigenvalue weighted by atomic mass is 19.4. The Balaban J connectivity index is 2.12. The molecule has 1 amide bonds. The third-order valence-corrected chi connectivity index (χ3v) is 4.80. The zero-order chi connectivity index (χ0) is 24.8.